The Labute approximate surface area is 115 Å². The third-order valence-electron chi connectivity index (χ3n) is 3.29. The van der Waals surface area contributed by atoms with Crippen molar-refractivity contribution in [3.05, 3.63) is 41.4 Å². The highest BCUT2D eigenvalue weighted by atomic mass is 35.5. The molecule has 0 saturated carbocycles. The number of aromatic nitrogens is 3. The maximum atomic E-state index is 6.21. The summed E-state index contributed by atoms with van der Waals surface area (Å²) >= 11 is 6.21. The number of hydrogen-bond acceptors (Lipinski definition) is 3. The lowest BCUT2D eigenvalue weighted by Crippen LogP contribution is -1.89. The smallest absolute Gasteiger partial charge is 0.145 e. The van der Waals surface area contributed by atoms with Gasteiger partial charge in [-0.05, 0) is 30.2 Å². The average molecular weight is 273 g/mol. The van der Waals surface area contributed by atoms with Gasteiger partial charge in [-0.25, -0.2) is 9.97 Å². The average Bonchev–Trinajstić information content (AvgIpc) is 2.72. The number of nitrogen functional groups attached to an aromatic ring is 1. The fourth-order valence-electron chi connectivity index (χ4n) is 2.24. The van der Waals surface area contributed by atoms with Gasteiger partial charge >= 0.3 is 0 Å². The molecule has 0 bridgehead atoms. The van der Waals surface area contributed by atoms with E-state index in [-0.39, 0.29) is 0 Å². The zero-order chi connectivity index (χ0) is 13.6. The lowest BCUT2D eigenvalue weighted by molar-refractivity contribution is 0.944. The van der Waals surface area contributed by atoms with E-state index in [9.17, 15) is 0 Å². The van der Waals surface area contributed by atoms with E-state index in [4.69, 9.17) is 17.3 Å². The maximum absolute atomic E-state index is 6.21. The van der Waals surface area contributed by atoms with Gasteiger partial charge < -0.3 is 10.3 Å². The second-order valence-electron chi connectivity index (χ2n) is 4.59. The summed E-state index contributed by atoms with van der Waals surface area (Å²) in [5.41, 5.74) is 10.6. The predicted molar refractivity (Wildman–Crippen MR) is 78.1 cm³/mol. The molecule has 0 atom stereocenters. The molecule has 96 valence electrons. The van der Waals surface area contributed by atoms with Crippen LogP contribution in [0.1, 0.15) is 5.56 Å². The monoisotopic (exact) mass is 272 g/mol. The maximum Gasteiger partial charge on any atom is 0.145 e. The van der Waals surface area contributed by atoms with Crippen LogP contribution in [-0.2, 0) is 7.05 Å². The molecule has 2 aromatic heterocycles. The Morgan fingerprint density at radius 3 is 2.79 bits per heavy atom. The highest BCUT2D eigenvalue weighted by Gasteiger charge is 2.14. The Hall–Kier alpha value is -2.07. The van der Waals surface area contributed by atoms with Crippen LogP contribution in [0, 0.1) is 6.92 Å². The summed E-state index contributed by atoms with van der Waals surface area (Å²) in [5.74, 6) is 0. The van der Waals surface area contributed by atoms with Crippen LogP contribution in [0.25, 0.3) is 22.2 Å². The highest BCUT2D eigenvalue weighted by molar-refractivity contribution is 6.35. The van der Waals surface area contributed by atoms with Crippen molar-refractivity contribution in [2.24, 2.45) is 7.05 Å². The van der Waals surface area contributed by atoms with Crippen molar-refractivity contribution >= 4 is 28.3 Å². The van der Waals surface area contributed by atoms with Crippen LogP contribution in [0.3, 0.4) is 0 Å². The van der Waals surface area contributed by atoms with E-state index in [0.29, 0.717) is 5.15 Å². The van der Waals surface area contributed by atoms with Crippen LogP contribution in [-0.4, -0.2) is 14.5 Å². The van der Waals surface area contributed by atoms with Crippen LogP contribution in [0.15, 0.2) is 30.7 Å². The molecule has 3 rings (SSSR count). The van der Waals surface area contributed by atoms with Gasteiger partial charge in [0.05, 0.1) is 5.39 Å². The minimum atomic E-state index is 0.468. The SMILES string of the molecule is Cc1cc(-c2cn(C)c3ncnc(Cl)c23)ccc1N. The molecule has 0 saturated heterocycles. The van der Waals surface area contributed by atoms with Crippen molar-refractivity contribution in [1.29, 1.82) is 0 Å². The van der Waals surface area contributed by atoms with Gasteiger partial charge in [0, 0.05) is 24.5 Å². The van der Waals surface area contributed by atoms with Gasteiger partial charge in [-0.15, -0.1) is 0 Å². The topological polar surface area (TPSA) is 56.7 Å². The molecule has 0 fully saturated rings. The number of benzene rings is 1. The van der Waals surface area contributed by atoms with E-state index in [0.717, 1.165) is 33.4 Å². The van der Waals surface area contributed by atoms with Crippen molar-refractivity contribution < 1.29 is 0 Å². The highest BCUT2D eigenvalue weighted by Crippen LogP contribution is 2.33. The zero-order valence-corrected chi connectivity index (χ0v) is 11.4. The Balaban J connectivity index is 2.33. The van der Waals surface area contributed by atoms with Crippen molar-refractivity contribution in [3.63, 3.8) is 0 Å². The molecule has 3 aromatic rings. The number of hydrogen-bond donors (Lipinski definition) is 1. The van der Waals surface area contributed by atoms with Gasteiger partial charge in [-0.3, -0.25) is 0 Å². The van der Waals surface area contributed by atoms with Crippen LogP contribution in [0.4, 0.5) is 5.69 Å². The Morgan fingerprint density at radius 2 is 2.05 bits per heavy atom. The fraction of sp³-hybridized carbons (Fsp3) is 0.143. The first-order chi connectivity index (χ1) is 9.08. The lowest BCUT2D eigenvalue weighted by atomic mass is 10.0. The second kappa shape index (κ2) is 4.24. The van der Waals surface area contributed by atoms with Crippen molar-refractivity contribution in [3.8, 4) is 11.1 Å². The summed E-state index contributed by atoms with van der Waals surface area (Å²) in [4.78, 5) is 8.33. The molecule has 1 aromatic carbocycles. The molecular formula is C14H13ClN4. The molecule has 0 aliphatic carbocycles. The first-order valence-corrected chi connectivity index (χ1v) is 6.27. The van der Waals surface area contributed by atoms with E-state index in [1.165, 1.54) is 6.33 Å². The minimum Gasteiger partial charge on any atom is -0.399 e. The van der Waals surface area contributed by atoms with E-state index in [1.54, 1.807) is 0 Å². The van der Waals surface area contributed by atoms with Crippen LogP contribution in [0.2, 0.25) is 5.15 Å². The zero-order valence-electron chi connectivity index (χ0n) is 10.7. The standard InChI is InChI=1S/C14H13ClN4/c1-8-5-9(3-4-11(8)16)10-6-19(2)14-12(10)13(15)17-7-18-14/h3-7H,16H2,1-2H3. The van der Waals surface area contributed by atoms with Gasteiger partial charge in [-0.1, -0.05) is 17.7 Å². The number of rotatable bonds is 1. The predicted octanol–water partition coefficient (Wildman–Crippen LogP) is 3.18. The Bertz CT molecular complexity index is 776. The van der Waals surface area contributed by atoms with Gasteiger partial charge in [0.2, 0.25) is 0 Å². The summed E-state index contributed by atoms with van der Waals surface area (Å²) in [6.07, 6.45) is 3.48. The molecule has 19 heavy (non-hydrogen) atoms. The van der Waals surface area contributed by atoms with E-state index < -0.39 is 0 Å². The number of anilines is 1. The van der Waals surface area contributed by atoms with Crippen LogP contribution in [0.5, 0.6) is 0 Å². The summed E-state index contributed by atoms with van der Waals surface area (Å²) < 4.78 is 1.95. The normalized spacial score (nSPS) is 11.1. The van der Waals surface area contributed by atoms with Crippen molar-refractivity contribution in [2.45, 2.75) is 6.92 Å². The van der Waals surface area contributed by atoms with Crippen LogP contribution < -0.4 is 5.73 Å². The largest absolute Gasteiger partial charge is 0.399 e. The van der Waals surface area contributed by atoms with E-state index >= 15 is 0 Å². The number of halogens is 1. The van der Waals surface area contributed by atoms with Gasteiger partial charge in [0.25, 0.3) is 0 Å². The quantitative estimate of drug-likeness (QED) is 0.547. The number of nitrogens with zero attached hydrogens (tertiary/aromatic N) is 3. The fourth-order valence-corrected chi connectivity index (χ4v) is 2.47. The minimum absolute atomic E-state index is 0.468. The number of nitrogens with two attached hydrogens (primary N) is 1. The molecule has 0 spiro atoms. The van der Waals surface area contributed by atoms with Crippen molar-refractivity contribution in [2.75, 3.05) is 5.73 Å². The molecule has 4 nitrogen and oxygen atoms in total. The van der Waals surface area contributed by atoms with Gasteiger partial charge in [0.1, 0.15) is 17.1 Å². The Kier molecular flexibility index (Phi) is 2.68. The molecule has 2 N–H and O–H groups in total. The summed E-state index contributed by atoms with van der Waals surface area (Å²) in [5, 5.41) is 1.34. The van der Waals surface area contributed by atoms with Gasteiger partial charge in [-0.2, -0.15) is 0 Å². The molecule has 5 heteroatoms. The second-order valence-corrected chi connectivity index (χ2v) is 4.95. The summed E-state index contributed by atoms with van der Waals surface area (Å²) in [6.45, 7) is 1.99. The van der Waals surface area contributed by atoms with E-state index in [2.05, 4.69) is 9.97 Å². The summed E-state index contributed by atoms with van der Waals surface area (Å²) in [6, 6.07) is 5.94. The number of aryl methyl sites for hydroxylation is 2. The molecular weight excluding hydrogens is 260 g/mol. The first kappa shape index (κ1) is 12.0. The number of fused-ring (bicyclic) bond motifs is 1. The first-order valence-electron chi connectivity index (χ1n) is 5.90. The van der Waals surface area contributed by atoms with Crippen LogP contribution >= 0.6 is 11.6 Å². The molecule has 2 heterocycles. The third kappa shape index (κ3) is 1.85. The summed E-state index contributed by atoms with van der Waals surface area (Å²) in [7, 11) is 1.94. The van der Waals surface area contributed by atoms with E-state index in [1.807, 2.05) is 42.9 Å². The molecule has 0 radical (unpaired) electrons. The third-order valence-corrected chi connectivity index (χ3v) is 3.57. The lowest BCUT2D eigenvalue weighted by Gasteiger charge is -2.04. The van der Waals surface area contributed by atoms with Crippen molar-refractivity contribution in [1.82, 2.24) is 14.5 Å². The Morgan fingerprint density at radius 1 is 1.26 bits per heavy atom. The molecule has 0 unspecified atom stereocenters. The van der Waals surface area contributed by atoms with Gasteiger partial charge in [0.15, 0.2) is 0 Å². The molecule has 0 aliphatic heterocycles. The molecule has 0 aliphatic rings. The molecule has 0 amide bonds.